The van der Waals surface area contributed by atoms with Crippen molar-refractivity contribution in [3.05, 3.63) is 35.4 Å². The van der Waals surface area contributed by atoms with Crippen molar-refractivity contribution in [2.45, 2.75) is 0 Å². The summed E-state index contributed by atoms with van der Waals surface area (Å²) in [5.41, 5.74) is 6.79. The van der Waals surface area contributed by atoms with Crippen LogP contribution in [0.4, 0.5) is 0 Å². The molecule has 10 nitrogen and oxygen atoms in total. The second-order valence-electron chi connectivity index (χ2n) is 5.99. The number of hydrogen-bond acceptors (Lipinski definition) is 9. The molecule has 0 spiro atoms. The Bertz CT molecular complexity index is 869. The SMILES string of the molecule is COc1cc(C=NNC(=S)NN=Cc2cc(OC)c(OC)c(OC)c2)cc(OC)c1OC. The third-order valence-electron chi connectivity index (χ3n) is 4.13. The zero-order chi connectivity index (χ0) is 23.5. The molecule has 0 radical (unpaired) electrons. The van der Waals surface area contributed by atoms with Crippen LogP contribution in [0.15, 0.2) is 34.5 Å². The first-order valence-corrected chi connectivity index (χ1v) is 9.64. The summed E-state index contributed by atoms with van der Waals surface area (Å²) in [7, 11) is 9.25. The standard InChI is InChI=1S/C21H26N4O6S/c1-26-15-7-13(8-16(27-2)19(15)30-5)11-22-24-21(32)25-23-12-14-9-17(28-3)20(31-6)18(10-14)29-4/h7-12H,1-6H3,(H2,24,25,32). The van der Waals surface area contributed by atoms with Crippen LogP contribution < -0.4 is 39.3 Å². The van der Waals surface area contributed by atoms with E-state index in [1.165, 1.54) is 0 Å². The molecule has 2 aromatic carbocycles. The molecular formula is C21H26N4O6S. The summed E-state index contributed by atoms with van der Waals surface area (Å²) in [5, 5.41) is 8.37. The Balaban J connectivity index is 2.02. The maximum Gasteiger partial charge on any atom is 0.207 e. The normalized spacial score (nSPS) is 10.7. The monoisotopic (exact) mass is 462 g/mol. The van der Waals surface area contributed by atoms with E-state index in [2.05, 4.69) is 21.1 Å². The Morgan fingerprint density at radius 3 is 1.19 bits per heavy atom. The number of hydrogen-bond donors (Lipinski definition) is 2. The first kappa shape index (κ1) is 24.5. The quantitative estimate of drug-likeness (QED) is 0.313. The minimum Gasteiger partial charge on any atom is -0.493 e. The molecule has 11 heteroatoms. The van der Waals surface area contributed by atoms with E-state index in [0.717, 1.165) is 11.1 Å². The topological polar surface area (TPSA) is 104 Å². The molecule has 0 aliphatic carbocycles. The van der Waals surface area contributed by atoms with Crippen molar-refractivity contribution in [1.29, 1.82) is 0 Å². The lowest BCUT2D eigenvalue weighted by atomic mass is 10.2. The van der Waals surface area contributed by atoms with E-state index in [9.17, 15) is 0 Å². The lowest BCUT2D eigenvalue weighted by molar-refractivity contribution is 0.324. The second kappa shape index (κ2) is 12.2. The molecule has 2 N–H and O–H groups in total. The molecule has 2 rings (SSSR count). The van der Waals surface area contributed by atoms with Crippen molar-refractivity contribution < 1.29 is 28.4 Å². The van der Waals surface area contributed by atoms with Gasteiger partial charge in [-0.1, -0.05) is 0 Å². The summed E-state index contributed by atoms with van der Waals surface area (Å²) in [4.78, 5) is 0. The van der Waals surface area contributed by atoms with Gasteiger partial charge in [-0.3, -0.25) is 10.9 Å². The summed E-state index contributed by atoms with van der Waals surface area (Å²) < 4.78 is 31.9. The molecule has 0 saturated heterocycles. The van der Waals surface area contributed by atoms with Crippen molar-refractivity contribution in [2.75, 3.05) is 42.7 Å². The van der Waals surface area contributed by atoms with Crippen LogP contribution in [-0.2, 0) is 0 Å². The lowest BCUT2D eigenvalue weighted by Gasteiger charge is -2.12. The number of nitrogens with one attached hydrogen (secondary N) is 2. The third kappa shape index (κ3) is 6.14. The lowest BCUT2D eigenvalue weighted by Crippen LogP contribution is -2.28. The average molecular weight is 463 g/mol. The van der Waals surface area contributed by atoms with Crippen LogP contribution in [0, 0.1) is 0 Å². The van der Waals surface area contributed by atoms with Crippen molar-refractivity contribution in [3.63, 3.8) is 0 Å². The highest BCUT2D eigenvalue weighted by molar-refractivity contribution is 7.80. The van der Waals surface area contributed by atoms with Crippen LogP contribution in [0.5, 0.6) is 34.5 Å². The number of nitrogens with zero attached hydrogens (tertiary/aromatic N) is 2. The van der Waals surface area contributed by atoms with Crippen LogP contribution in [-0.4, -0.2) is 60.2 Å². The van der Waals surface area contributed by atoms with Crippen molar-refractivity contribution in [1.82, 2.24) is 10.9 Å². The van der Waals surface area contributed by atoms with Gasteiger partial charge < -0.3 is 28.4 Å². The van der Waals surface area contributed by atoms with E-state index < -0.39 is 0 Å². The second-order valence-corrected chi connectivity index (χ2v) is 6.39. The Morgan fingerprint density at radius 2 is 0.938 bits per heavy atom. The fraction of sp³-hybridized carbons (Fsp3) is 0.286. The van der Waals surface area contributed by atoms with E-state index in [-0.39, 0.29) is 5.11 Å². The summed E-state index contributed by atoms with van der Waals surface area (Å²) in [5.74, 6) is 3.07. The summed E-state index contributed by atoms with van der Waals surface area (Å²) >= 11 is 5.17. The minimum atomic E-state index is 0.192. The first-order valence-electron chi connectivity index (χ1n) is 9.23. The molecule has 172 valence electrons. The average Bonchev–Trinajstić information content (AvgIpc) is 2.82. The summed E-state index contributed by atoms with van der Waals surface area (Å²) in [6, 6.07) is 7.02. The summed E-state index contributed by atoms with van der Waals surface area (Å²) in [6.07, 6.45) is 3.11. The van der Waals surface area contributed by atoms with E-state index in [0.29, 0.717) is 34.5 Å². The maximum atomic E-state index is 5.32. The van der Waals surface area contributed by atoms with Gasteiger partial charge in [0.05, 0.1) is 55.1 Å². The van der Waals surface area contributed by atoms with Crippen molar-refractivity contribution in [3.8, 4) is 34.5 Å². The number of hydrazone groups is 2. The molecule has 0 aromatic heterocycles. The Morgan fingerprint density at radius 1 is 0.625 bits per heavy atom. The molecule has 0 bridgehead atoms. The smallest absolute Gasteiger partial charge is 0.207 e. The Kier molecular flexibility index (Phi) is 9.36. The number of thiocarbonyl (C=S) groups is 1. The maximum absolute atomic E-state index is 5.32. The van der Waals surface area contributed by atoms with Crippen molar-refractivity contribution in [2.24, 2.45) is 10.2 Å². The molecule has 0 heterocycles. The van der Waals surface area contributed by atoms with Gasteiger partial charge in [0, 0.05) is 11.1 Å². The number of rotatable bonds is 10. The highest BCUT2D eigenvalue weighted by atomic mass is 32.1. The van der Waals surface area contributed by atoms with E-state index >= 15 is 0 Å². The van der Waals surface area contributed by atoms with Gasteiger partial charge in [0.25, 0.3) is 0 Å². The number of methoxy groups -OCH3 is 6. The van der Waals surface area contributed by atoms with Crippen molar-refractivity contribution >= 4 is 29.8 Å². The van der Waals surface area contributed by atoms with Gasteiger partial charge in [-0.2, -0.15) is 10.2 Å². The van der Waals surface area contributed by atoms with Gasteiger partial charge in [0.2, 0.25) is 16.6 Å². The molecule has 0 aliphatic heterocycles. The van der Waals surface area contributed by atoms with Gasteiger partial charge in [-0.05, 0) is 36.5 Å². The van der Waals surface area contributed by atoms with Gasteiger partial charge in [0.15, 0.2) is 23.0 Å². The fourth-order valence-electron chi connectivity index (χ4n) is 2.71. The van der Waals surface area contributed by atoms with Crippen LogP contribution >= 0.6 is 12.2 Å². The summed E-state index contributed by atoms with van der Waals surface area (Å²) in [6.45, 7) is 0. The third-order valence-corrected chi connectivity index (χ3v) is 4.32. The highest BCUT2D eigenvalue weighted by Crippen LogP contribution is 2.38. The van der Waals surface area contributed by atoms with E-state index in [4.69, 9.17) is 40.6 Å². The Labute approximate surface area is 192 Å². The molecule has 2 aromatic rings. The molecule has 0 saturated carbocycles. The Hall–Kier alpha value is -3.73. The predicted octanol–water partition coefficient (Wildman–Crippen LogP) is 2.57. The molecule has 0 fully saturated rings. The van der Waals surface area contributed by atoms with Crippen LogP contribution in [0.1, 0.15) is 11.1 Å². The van der Waals surface area contributed by atoms with E-state index in [1.54, 1.807) is 79.4 Å². The van der Waals surface area contributed by atoms with Crippen LogP contribution in [0.25, 0.3) is 0 Å². The molecular weight excluding hydrogens is 436 g/mol. The largest absolute Gasteiger partial charge is 0.493 e. The molecule has 0 aliphatic rings. The zero-order valence-electron chi connectivity index (χ0n) is 18.7. The van der Waals surface area contributed by atoms with Gasteiger partial charge in [0.1, 0.15) is 0 Å². The minimum absolute atomic E-state index is 0.192. The molecule has 0 unspecified atom stereocenters. The molecule has 32 heavy (non-hydrogen) atoms. The van der Waals surface area contributed by atoms with Gasteiger partial charge in [-0.25, -0.2) is 0 Å². The highest BCUT2D eigenvalue weighted by Gasteiger charge is 2.13. The molecule has 0 amide bonds. The van der Waals surface area contributed by atoms with Gasteiger partial charge >= 0.3 is 0 Å². The molecule has 0 atom stereocenters. The fourth-order valence-corrected chi connectivity index (χ4v) is 2.81. The van der Waals surface area contributed by atoms with Crippen LogP contribution in [0.3, 0.4) is 0 Å². The van der Waals surface area contributed by atoms with E-state index in [1.807, 2.05) is 0 Å². The number of ether oxygens (including phenoxy) is 6. The van der Waals surface area contributed by atoms with Crippen LogP contribution in [0.2, 0.25) is 0 Å². The van der Waals surface area contributed by atoms with Gasteiger partial charge in [-0.15, -0.1) is 0 Å². The predicted molar refractivity (Wildman–Crippen MR) is 126 cm³/mol. The zero-order valence-corrected chi connectivity index (χ0v) is 19.5. The first-order chi connectivity index (χ1) is 15.5. The number of benzene rings is 2.